The van der Waals surface area contributed by atoms with Gasteiger partial charge in [0, 0.05) is 0 Å². The maximum atomic E-state index is 13.1. The summed E-state index contributed by atoms with van der Waals surface area (Å²) in [5, 5.41) is 4.06. The largest absolute Gasteiger partial charge is 0.490 e. The number of halogens is 1. The molecule has 3 rings (SSSR count). The molecule has 3 aromatic rings. The molecule has 0 aromatic heterocycles. The smallest absolute Gasteiger partial charge is 0.244 e. The first-order chi connectivity index (χ1) is 15.4. The van der Waals surface area contributed by atoms with Crippen LogP contribution in [0.5, 0.6) is 11.5 Å². The molecule has 3 aromatic carbocycles. The van der Waals surface area contributed by atoms with Gasteiger partial charge in [-0.05, 0) is 73.4 Å². The van der Waals surface area contributed by atoms with Crippen LogP contribution in [0, 0.1) is 19.7 Å². The molecule has 1 N–H and O–H groups in total. The van der Waals surface area contributed by atoms with Crippen molar-refractivity contribution in [2.45, 2.75) is 33.8 Å². The van der Waals surface area contributed by atoms with Gasteiger partial charge in [0.2, 0.25) is 5.91 Å². The number of ether oxygens (including phenoxy) is 2. The molecule has 0 aliphatic rings. The zero-order valence-electron chi connectivity index (χ0n) is 18.5. The molecule has 0 atom stereocenters. The van der Waals surface area contributed by atoms with Crippen LogP contribution < -0.4 is 14.9 Å². The van der Waals surface area contributed by atoms with Gasteiger partial charge in [0.1, 0.15) is 12.4 Å². The standard InChI is InChI=1S/C26H27FN2O3/c1-4-31-25-14-21(8-12-24(25)32-17-20-6-10-23(27)11-7-20)16-28-29-26(30)15-22-9-5-18(2)13-19(22)3/h5-14,16H,4,15,17H2,1-3H3,(H,29,30)/b28-16-. The topological polar surface area (TPSA) is 59.9 Å². The van der Waals surface area contributed by atoms with Gasteiger partial charge < -0.3 is 9.47 Å². The Hall–Kier alpha value is -3.67. The first kappa shape index (κ1) is 23.0. The normalized spacial score (nSPS) is 10.9. The lowest BCUT2D eigenvalue weighted by atomic mass is 10.0. The van der Waals surface area contributed by atoms with Crippen molar-refractivity contribution in [3.8, 4) is 11.5 Å². The number of nitrogens with zero attached hydrogens (tertiary/aromatic N) is 1. The molecular formula is C26H27FN2O3. The second-order valence-electron chi connectivity index (χ2n) is 7.45. The molecule has 0 aliphatic carbocycles. The van der Waals surface area contributed by atoms with Crippen molar-refractivity contribution in [2.24, 2.45) is 5.10 Å². The van der Waals surface area contributed by atoms with Gasteiger partial charge in [-0.2, -0.15) is 5.10 Å². The molecule has 0 saturated carbocycles. The average molecular weight is 435 g/mol. The average Bonchev–Trinajstić information content (AvgIpc) is 2.76. The van der Waals surface area contributed by atoms with Crippen LogP contribution in [-0.2, 0) is 17.8 Å². The van der Waals surface area contributed by atoms with Crippen LogP contribution >= 0.6 is 0 Å². The number of benzene rings is 3. The summed E-state index contributed by atoms with van der Waals surface area (Å²) in [7, 11) is 0. The van der Waals surface area contributed by atoms with Gasteiger partial charge >= 0.3 is 0 Å². The Morgan fingerprint density at radius 1 is 1.00 bits per heavy atom. The number of hydrazone groups is 1. The molecule has 166 valence electrons. The Bertz CT molecular complexity index is 1090. The van der Waals surface area contributed by atoms with E-state index in [1.54, 1.807) is 30.5 Å². The molecule has 5 nitrogen and oxygen atoms in total. The van der Waals surface area contributed by atoms with Gasteiger partial charge in [0.05, 0.1) is 19.2 Å². The first-order valence-electron chi connectivity index (χ1n) is 10.5. The molecule has 6 heteroatoms. The molecule has 0 saturated heterocycles. The SMILES string of the molecule is CCOc1cc(/C=N\NC(=O)Cc2ccc(C)cc2C)ccc1OCc1ccc(F)cc1. The summed E-state index contributed by atoms with van der Waals surface area (Å²) in [6.07, 6.45) is 1.83. The Morgan fingerprint density at radius 2 is 1.78 bits per heavy atom. The van der Waals surface area contributed by atoms with Crippen LogP contribution in [0.1, 0.15) is 34.7 Å². The molecule has 1 amide bonds. The van der Waals surface area contributed by atoms with Crippen molar-refractivity contribution in [2.75, 3.05) is 6.61 Å². The predicted octanol–water partition coefficient (Wildman–Crippen LogP) is 5.11. The maximum absolute atomic E-state index is 13.1. The molecule has 0 fully saturated rings. The van der Waals surface area contributed by atoms with E-state index in [1.165, 1.54) is 17.7 Å². The summed E-state index contributed by atoms with van der Waals surface area (Å²) in [6, 6.07) is 17.6. The molecule has 0 heterocycles. The zero-order chi connectivity index (χ0) is 22.9. The summed E-state index contributed by atoms with van der Waals surface area (Å²) < 4.78 is 24.6. The van der Waals surface area contributed by atoms with E-state index in [4.69, 9.17) is 9.47 Å². The van der Waals surface area contributed by atoms with E-state index >= 15 is 0 Å². The van der Waals surface area contributed by atoms with E-state index in [0.29, 0.717) is 24.7 Å². The fourth-order valence-corrected chi connectivity index (χ4v) is 3.17. The summed E-state index contributed by atoms with van der Waals surface area (Å²) in [5.74, 6) is 0.679. The lowest BCUT2D eigenvalue weighted by molar-refractivity contribution is -0.120. The number of aryl methyl sites for hydroxylation is 2. The number of hydrogen-bond acceptors (Lipinski definition) is 4. The monoisotopic (exact) mass is 434 g/mol. The minimum absolute atomic E-state index is 0.183. The first-order valence-corrected chi connectivity index (χ1v) is 10.5. The molecule has 0 aliphatic heterocycles. The van der Waals surface area contributed by atoms with Crippen molar-refractivity contribution in [1.82, 2.24) is 5.43 Å². The highest BCUT2D eigenvalue weighted by atomic mass is 19.1. The Kier molecular flexibility index (Phi) is 7.97. The number of amides is 1. The number of carbonyl (C=O) groups is 1. The Balaban J connectivity index is 1.60. The van der Waals surface area contributed by atoms with Crippen LogP contribution in [0.4, 0.5) is 4.39 Å². The van der Waals surface area contributed by atoms with E-state index in [1.807, 2.05) is 39.0 Å². The lowest BCUT2D eigenvalue weighted by Crippen LogP contribution is -2.20. The number of hydrogen-bond donors (Lipinski definition) is 1. The Morgan fingerprint density at radius 3 is 2.50 bits per heavy atom. The molecule has 32 heavy (non-hydrogen) atoms. The van der Waals surface area contributed by atoms with Crippen LogP contribution in [0.2, 0.25) is 0 Å². The highest BCUT2D eigenvalue weighted by molar-refractivity contribution is 5.84. The lowest BCUT2D eigenvalue weighted by Gasteiger charge is -2.12. The fraction of sp³-hybridized carbons (Fsp3) is 0.231. The second kappa shape index (κ2) is 11.1. The zero-order valence-corrected chi connectivity index (χ0v) is 18.5. The number of rotatable bonds is 9. The quantitative estimate of drug-likeness (QED) is 0.376. The summed E-state index contributed by atoms with van der Waals surface area (Å²) in [4.78, 5) is 12.2. The van der Waals surface area contributed by atoms with E-state index < -0.39 is 0 Å². The summed E-state index contributed by atoms with van der Waals surface area (Å²) >= 11 is 0. The van der Waals surface area contributed by atoms with Crippen molar-refractivity contribution in [3.63, 3.8) is 0 Å². The van der Waals surface area contributed by atoms with Crippen molar-refractivity contribution >= 4 is 12.1 Å². The van der Waals surface area contributed by atoms with Gasteiger partial charge in [-0.15, -0.1) is 0 Å². The number of carbonyl (C=O) groups excluding carboxylic acids is 1. The van der Waals surface area contributed by atoms with Gasteiger partial charge in [0.15, 0.2) is 11.5 Å². The Labute approximate surface area is 187 Å². The third kappa shape index (κ3) is 6.67. The molecule has 0 radical (unpaired) electrons. The second-order valence-corrected chi connectivity index (χ2v) is 7.45. The van der Waals surface area contributed by atoms with Gasteiger partial charge in [0.25, 0.3) is 0 Å². The molecule has 0 unspecified atom stereocenters. The van der Waals surface area contributed by atoms with Gasteiger partial charge in [-0.1, -0.05) is 35.9 Å². The highest BCUT2D eigenvalue weighted by Crippen LogP contribution is 2.29. The highest BCUT2D eigenvalue weighted by Gasteiger charge is 2.08. The van der Waals surface area contributed by atoms with Crippen molar-refractivity contribution in [1.29, 1.82) is 0 Å². The van der Waals surface area contributed by atoms with Crippen molar-refractivity contribution < 1.29 is 18.7 Å². The minimum Gasteiger partial charge on any atom is -0.490 e. The van der Waals surface area contributed by atoms with E-state index in [9.17, 15) is 9.18 Å². The molecule has 0 spiro atoms. The number of nitrogens with one attached hydrogen (secondary N) is 1. The van der Waals surface area contributed by atoms with Gasteiger partial charge in [-0.25, -0.2) is 9.82 Å². The minimum atomic E-state index is -0.284. The summed E-state index contributed by atoms with van der Waals surface area (Å²) in [6.45, 7) is 6.67. The van der Waals surface area contributed by atoms with E-state index in [2.05, 4.69) is 16.6 Å². The van der Waals surface area contributed by atoms with Crippen LogP contribution in [0.15, 0.2) is 65.8 Å². The van der Waals surface area contributed by atoms with E-state index in [0.717, 1.165) is 22.3 Å². The third-order valence-corrected chi connectivity index (χ3v) is 4.83. The summed E-state index contributed by atoms with van der Waals surface area (Å²) in [5.41, 5.74) is 7.41. The fourth-order valence-electron chi connectivity index (χ4n) is 3.17. The third-order valence-electron chi connectivity index (χ3n) is 4.83. The maximum Gasteiger partial charge on any atom is 0.244 e. The van der Waals surface area contributed by atoms with Crippen molar-refractivity contribution in [3.05, 3.63) is 94.3 Å². The van der Waals surface area contributed by atoms with E-state index in [-0.39, 0.29) is 18.1 Å². The predicted molar refractivity (Wildman–Crippen MR) is 124 cm³/mol. The van der Waals surface area contributed by atoms with Crippen LogP contribution in [0.3, 0.4) is 0 Å². The molecular weight excluding hydrogens is 407 g/mol. The van der Waals surface area contributed by atoms with Crippen LogP contribution in [-0.4, -0.2) is 18.7 Å². The van der Waals surface area contributed by atoms with Crippen LogP contribution in [0.25, 0.3) is 0 Å². The van der Waals surface area contributed by atoms with Gasteiger partial charge in [-0.3, -0.25) is 4.79 Å². The molecule has 0 bridgehead atoms.